The van der Waals surface area contributed by atoms with E-state index in [0.29, 0.717) is 24.3 Å². The number of nitrogens with zero attached hydrogens (tertiary/aromatic N) is 3. The average Bonchev–Trinajstić information content (AvgIpc) is 2.79. The second-order valence-electron chi connectivity index (χ2n) is 8.22. The Bertz CT molecular complexity index is 962. The lowest BCUT2D eigenvalue weighted by molar-refractivity contribution is -0.120. The molecule has 2 aromatic carbocycles. The zero-order valence-corrected chi connectivity index (χ0v) is 17.8. The van der Waals surface area contributed by atoms with Gasteiger partial charge in [0.2, 0.25) is 5.91 Å². The molecule has 2 fully saturated rings. The van der Waals surface area contributed by atoms with Crippen molar-refractivity contribution in [3.8, 4) is 0 Å². The summed E-state index contributed by atoms with van der Waals surface area (Å²) in [4.78, 5) is 43.0. The number of carbonyl (C=O) groups is 3. The van der Waals surface area contributed by atoms with Gasteiger partial charge in [-0.2, -0.15) is 0 Å². The zero-order valence-electron chi connectivity index (χ0n) is 17.8. The van der Waals surface area contributed by atoms with Gasteiger partial charge in [-0.3, -0.25) is 24.7 Å². The fourth-order valence-corrected chi connectivity index (χ4v) is 4.35. The number of likely N-dealkylation sites (tertiary alicyclic amines) is 1. The molecule has 7 nitrogen and oxygen atoms in total. The highest BCUT2D eigenvalue weighted by Gasteiger charge is 2.31. The van der Waals surface area contributed by atoms with Gasteiger partial charge in [0.15, 0.2) is 0 Å². The molecule has 2 heterocycles. The van der Waals surface area contributed by atoms with Crippen LogP contribution in [0.2, 0.25) is 0 Å². The number of piperidine rings is 1. The van der Waals surface area contributed by atoms with Crippen molar-refractivity contribution in [2.45, 2.75) is 31.8 Å². The van der Waals surface area contributed by atoms with Gasteiger partial charge in [-0.1, -0.05) is 42.5 Å². The molecule has 2 aliphatic rings. The van der Waals surface area contributed by atoms with E-state index in [-0.39, 0.29) is 30.8 Å². The molecule has 1 atom stereocenters. The van der Waals surface area contributed by atoms with E-state index >= 15 is 0 Å². The Morgan fingerprint density at radius 1 is 1.06 bits per heavy atom. The Morgan fingerprint density at radius 3 is 2.58 bits per heavy atom. The lowest BCUT2D eigenvalue weighted by Crippen LogP contribution is -2.51. The third-order valence-electron chi connectivity index (χ3n) is 6.06. The molecule has 0 aromatic heterocycles. The number of imide groups is 1. The van der Waals surface area contributed by atoms with Crippen LogP contribution >= 0.6 is 0 Å². The number of anilines is 1. The summed E-state index contributed by atoms with van der Waals surface area (Å²) in [5.41, 5.74) is 2.31. The number of hydrogen-bond acceptors (Lipinski definition) is 4. The first-order chi connectivity index (χ1) is 15.0. The van der Waals surface area contributed by atoms with Gasteiger partial charge in [0.1, 0.15) is 0 Å². The van der Waals surface area contributed by atoms with Crippen molar-refractivity contribution in [2.75, 3.05) is 31.6 Å². The predicted molar refractivity (Wildman–Crippen MR) is 119 cm³/mol. The van der Waals surface area contributed by atoms with Crippen LogP contribution in [0.4, 0.5) is 10.5 Å². The predicted octanol–water partition coefficient (Wildman–Crippen LogP) is 2.87. The molecule has 1 unspecified atom stereocenters. The maximum absolute atomic E-state index is 13.4. The van der Waals surface area contributed by atoms with Crippen molar-refractivity contribution < 1.29 is 14.4 Å². The topological polar surface area (TPSA) is 73.0 Å². The number of likely N-dealkylation sites (N-methyl/N-ethyl adjacent to an activating group) is 1. The normalized spacial score (nSPS) is 19.5. The van der Waals surface area contributed by atoms with Crippen molar-refractivity contribution in [2.24, 2.45) is 0 Å². The van der Waals surface area contributed by atoms with Gasteiger partial charge in [0.05, 0.1) is 11.3 Å². The Labute approximate surface area is 182 Å². The lowest BCUT2D eigenvalue weighted by atomic mass is 10.0. The van der Waals surface area contributed by atoms with Gasteiger partial charge in [-0.05, 0) is 37.6 Å². The average molecular weight is 421 g/mol. The van der Waals surface area contributed by atoms with Gasteiger partial charge in [-0.25, -0.2) is 4.79 Å². The number of rotatable bonds is 5. The number of nitrogens with one attached hydrogen (secondary N) is 1. The Balaban J connectivity index is 1.48. The summed E-state index contributed by atoms with van der Waals surface area (Å²) >= 11 is 0. The van der Waals surface area contributed by atoms with Crippen LogP contribution in [0.25, 0.3) is 0 Å². The van der Waals surface area contributed by atoms with Crippen molar-refractivity contribution in [1.29, 1.82) is 0 Å². The van der Waals surface area contributed by atoms with Gasteiger partial charge >= 0.3 is 6.03 Å². The van der Waals surface area contributed by atoms with E-state index in [0.717, 1.165) is 19.4 Å². The highest BCUT2D eigenvalue weighted by molar-refractivity contribution is 6.09. The summed E-state index contributed by atoms with van der Waals surface area (Å²) in [5, 5.41) is 2.34. The van der Waals surface area contributed by atoms with Crippen LogP contribution in [0.5, 0.6) is 0 Å². The molecule has 2 saturated heterocycles. The number of carbonyl (C=O) groups excluding carboxylic acids is 3. The van der Waals surface area contributed by atoms with E-state index in [1.807, 2.05) is 35.2 Å². The van der Waals surface area contributed by atoms with E-state index in [1.54, 1.807) is 12.1 Å². The largest absolute Gasteiger partial charge is 0.337 e. The molecular weight excluding hydrogens is 392 g/mol. The minimum absolute atomic E-state index is 0.0712. The fraction of sp³-hybridized carbons (Fsp3) is 0.375. The lowest BCUT2D eigenvalue weighted by Gasteiger charge is -2.38. The standard InChI is InChI=1S/C24H28N4O3/c1-26(16-18-8-3-2-4-9-18)19-10-7-14-27(17-19)23(30)20-11-5-6-12-21(20)28-15-13-22(29)25-24(28)31/h2-6,8-9,11-12,19H,7,10,13-17H2,1H3,(H,25,29,31). The summed E-state index contributed by atoms with van der Waals surface area (Å²) in [6.07, 6.45) is 2.21. The van der Waals surface area contributed by atoms with Gasteiger partial charge < -0.3 is 4.90 Å². The van der Waals surface area contributed by atoms with Crippen LogP contribution in [-0.4, -0.2) is 60.4 Å². The molecular formula is C24H28N4O3. The van der Waals surface area contributed by atoms with Crippen LogP contribution in [0, 0.1) is 0 Å². The molecule has 0 bridgehead atoms. The quantitative estimate of drug-likeness (QED) is 0.807. The first-order valence-corrected chi connectivity index (χ1v) is 10.8. The zero-order chi connectivity index (χ0) is 21.8. The Hall–Kier alpha value is -3.19. The third kappa shape index (κ3) is 4.77. The van der Waals surface area contributed by atoms with Gasteiger partial charge in [0, 0.05) is 38.6 Å². The molecule has 0 spiro atoms. The second kappa shape index (κ2) is 9.31. The molecule has 2 aromatic rings. The SMILES string of the molecule is CN(Cc1ccccc1)C1CCCN(C(=O)c2ccccc2N2CCC(=O)NC2=O)C1. The summed E-state index contributed by atoms with van der Waals surface area (Å²) in [7, 11) is 2.11. The third-order valence-corrected chi connectivity index (χ3v) is 6.06. The second-order valence-corrected chi connectivity index (χ2v) is 8.22. The highest BCUT2D eigenvalue weighted by atomic mass is 16.2. The molecule has 0 saturated carbocycles. The number of amides is 4. The molecule has 2 aliphatic heterocycles. The molecule has 4 amide bonds. The van der Waals surface area contributed by atoms with Gasteiger partial charge in [-0.15, -0.1) is 0 Å². The summed E-state index contributed by atoms with van der Waals surface area (Å²) in [5.74, 6) is -0.358. The number of benzene rings is 2. The number of urea groups is 1. The van der Waals surface area contributed by atoms with Crippen molar-refractivity contribution in [1.82, 2.24) is 15.1 Å². The molecule has 0 radical (unpaired) electrons. The minimum Gasteiger partial charge on any atom is -0.337 e. The molecule has 162 valence electrons. The first-order valence-electron chi connectivity index (χ1n) is 10.8. The molecule has 31 heavy (non-hydrogen) atoms. The van der Waals surface area contributed by atoms with E-state index in [1.165, 1.54) is 10.5 Å². The minimum atomic E-state index is -0.476. The number of para-hydroxylation sites is 1. The van der Waals surface area contributed by atoms with Crippen molar-refractivity contribution in [3.63, 3.8) is 0 Å². The summed E-state index contributed by atoms with van der Waals surface area (Å²) < 4.78 is 0. The maximum Gasteiger partial charge on any atom is 0.328 e. The highest BCUT2D eigenvalue weighted by Crippen LogP contribution is 2.26. The van der Waals surface area contributed by atoms with Crippen LogP contribution in [0.3, 0.4) is 0 Å². The Morgan fingerprint density at radius 2 is 1.81 bits per heavy atom. The molecule has 1 N–H and O–H groups in total. The van der Waals surface area contributed by atoms with Crippen molar-refractivity contribution in [3.05, 3.63) is 65.7 Å². The summed E-state index contributed by atoms with van der Waals surface area (Å²) in [6, 6.07) is 17.3. The van der Waals surface area contributed by atoms with E-state index in [4.69, 9.17) is 0 Å². The maximum atomic E-state index is 13.4. The number of hydrogen-bond donors (Lipinski definition) is 1. The van der Waals surface area contributed by atoms with Crippen LogP contribution < -0.4 is 10.2 Å². The molecule has 7 heteroatoms. The first kappa shape index (κ1) is 21.1. The monoisotopic (exact) mass is 420 g/mol. The van der Waals surface area contributed by atoms with Crippen LogP contribution in [0.15, 0.2) is 54.6 Å². The van der Waals surface area contributed by atoms with E-state index in [9.17, 15) is 14.4 Å². The summed E-state index contributed by atoms with van der Waals surface area (Å²) in [6.45, 7) is 2.47. The van der Waals surface area contributed by atoms with Gasteiger partial charge in [0.25, 0.3) is 5.91 Å². The van der Waals surface area contributed by atoms with Crippen LogP contribution in [-0.2, 0) is 11.3 Å². The van der Waals surface area contributed by atoms with E-state index < -0.39 is 6.03 Å². The fourth-order valence-electron chi connectivity index (χ4n) is 4.35. The van der Waals surface area contributed by atoms with Crippen LogP contribution in [0.1, 0.15) is 35.2 Å². The smallest absolute Gasteiger partial charge is 0.328 e. The molecule has 0 aliphatic carbocycles. The van der Waals surface area contributed by atoms with Crippen molar-refractivity contribution >= 4 is 23.5 Å². The van der Waals surface area contributed by atoms with E-state index in [2.05, 4.69) is 29.4 Å². The Kier molecular flexibility index (Phi) is 6.32. The molecule has 4 rings (SSSR count).